The summed E-state index contributed by atoms with van der Waals surface area (Å²) in [7, 11) is 0. The van der Waals surface area contributed by atoms with Crippen LogP contribution in [0.25, 0.3) is 0 Å². The summed E-state index contributed by atoms with van der Waals surface area (Å²) in [6.07, 6.45) is 7.85. The molecule has 1 saturated carbocycles. The van der Waals surface area contributed by atoms with E-state index in [1.807, 2.05) is 18.2 Å². The van der Waals surface area contributed by atoms with Crippen LogP contribution in [-0.2, 0) is 14.9 Å². The topological polar surface area (TPSA) is 50.4 Å². The van der Waals surface area contributed by atoms with Gasteiger partial charge in [0.05, 0.1) is 6.04 Å². The predicted molar refractivity (Wildman–Crippen MR) is 103 cm³/mol. The third-order valence-electron chi connectivity index (χ3n) is 6.68. The van der Waals surface area contributed by atoms with Gasteiger partial charge in [-0.3, -0.25) is 4.79 Å². The lowest BCUT2D eigenvalue weighted by Gasteiger charge is -2.38. The van der Waals surface area contributed by atoms with Gasteiger partial charge in [0, 0.05) is 36.2 Å². The third kappa shape index (κ3) is 3.64. The van der Waals surface area contributed by atoms with E-state index in [0.29, 0.717) is 31.7 Å². The maximum atomic E-state index is 12.9. The van der Waals surface area contributed by atoms with Crippen LogP contribution in [-0.4, -0.2) is 37.7 Å². The van der Waals surface area contributed by atoms with Gasteiger partial charge in [-0.05, 0) is 49.7 Å². The second-order valence-electron chi connectivity index (χ2n) is 8.20. The van der Waals surface area contributed by atoms with Gasteiger partial charge in [-0.15, -0.1) is 0 Å². The fourth-order valence-electron chi connectivity index (χ4n) is 5.10. The van der Waals surface area contributed by atoms with Crippen LogP contribution in [0.4, 0.5) is 0 Å². The quantitative estimate of drug-likeness (QED) is 0.846. The Hall–Kier alpha value is -1.10. The Labute approximate surface area is 161 Å². The molecule has 5 heteroatoms. The summed E-state index contributed by atoms with van der Waals surface area (Å²) in [6, 6.07) is 8.54. The number of fused-ring (bicyclic) bond motifs is 1. The van der Waals surface area contributed by atoms with Crippen LogP contribution in [0.2, 0.25) is 5.02 Å². The predicted octanol–water partition coefficient (Wildman–Crippen LogP) is 3.43. The second kappa shape index (κ2) is 7.87. The normalized spacial score (nSPS) is 30.6. The summed E-state index contributed by atoms with van der Waals surface area (Å²) in [5, 5.41) is 7.62. The molecule has 3 unspecified atom stereocenters. The number of ether oxygens (including phenoxy) is 1. The minimum atomic E-state index is -0.127. The van der Waals surface area contributed by atoms with Crippen molar-refractivity contribution in [1.82, 2.24) is 10.6 Å². The maximum Gasteiger partial charge on any atom is 0.237 e. The lowest BCUT2D eigenvalue weighted by Crippen LogP contribution is -2.49. The Morgan fingerprint density at radius 2 is 2.00 bits per heavy atom. The van der Waals surface area contributed by atoms with Crippen molar-refractivity contribution in [3.05, 3.63) is 34.9 Å². The monoisotopic (exact) mass is 376 g/mol. The summed E-state index contributed by atoms with van der Waals surface area (Å²) in [5.41, 5.74) is 1.01. The average Bonchev–Trinajstić information content (AvgIpc) is 3.11. The van der Waals surface area contributed by atoms with Gasteiger partial charge in [-0.25, -0.2) is 0 Å². The molecular formula is C21H29ClN2O2. The zero-order chi connectivity index (χ0) is 18.0. The van der Waals surface area contributed by atoms with Gasteiger partial charge in [0.1, 0.15) is 0 Å². The Morgan fingerprint density at radius 3 is 2.77 bits per heavy atom. The van der Waals surface area contributed by atoms with Crippen molar-refractivity contribution in [2.45, 2.75) is 62.4 Å². The highest BCUT2D eigenvalue weighted by molar-refractivity contribution is 6.31. The van der Waals surface area contributed by atoms with Crippen LogP contribution in [0, 0.1) is 5.92 Å². The number of carbonyl (C=O) groups is 1. The lowest BCUT2D eigenvalue weighted by atomic mass is 9.74. The molecular weight excluding hydrogens is 348 g/mol. The highest BCUT2D eigenvalue weighted by Gasteiger charge is 2.40. The number of rotatable bonds is 4. The van der Waals surface area contributed by atoms with Gasteiger partial charge in [-0.2, -0.15) is 0 Å². The molecule has 1 aliphatic carbocycles. The largest absolute Gasteiger partial charge is 0.381 e. The van der Waals surface area contributed by atoms with Gasteiger partial charge in [0.25, 0.3) is 0 Å². The van der Waals surface area contributed by atoms with E-state index in [1.54, 1.807) is 0 Å². The molecule has 4 nitrogen and oxygen atoms in total. The molecule has 2 N–H and O–H groups in total. The number of hydrogen-bond acceptors (Lipinski definition) is 3. The van der Waals surface area contributed by atoms with Crippen molar-refractivity contribution in [1.29, 1.82) is 0 Å². The highest BCUT2D eigenvalue weighted by Crippen LogP contribution is 2.38. The molecule has 3 aliphatic rings. The first-order chi connectivity index (χ1) is 12.7. The van der Waals surface area contributed by atoms with Gasteiger partial charge >= 0.3 is 0 Å². The number of halogens is 1. The van der Waals surface area contributed by atoms with E-state index in [2.05, 4.69) is 16.7 Å². The molecule has 0 spiro atoms. The van der Waals surface area contributed by atoms with Crippen molar-refractivity contribution in [2.24, 2.45) is 5.92 Å². The molecule has 1 amide bonds. The first-order valence-corrected chi connectivity index (χ1v) is 10.4. The van der Waals surface area contributed by atoms with E-state index in [0.717, 1.165) is 29.8 Å². The first-order valence-electron chi connectivity index (χ1n) is 10.0. The van der Waals surface area contributed by atoms with Crippen molar-refractivity contribution >= 4 is 17.5 Å². The molecule has 26 heavy (non-hydrogen) atoms. The Morgan fingerprint density at radius 1 is 1.23 bits per heavy atom. The molecule has 0 aromatic heterocycles. The van der Waals surface area contributed by atoms with E-state index in [4.69, 9.17) is 16.3 Å². The minimum Gasteiger partial charge on any atom is -0.381 e. The molecule has 1 aromatic carbocycles. The summed E-state index contributed by atoms with van der Waals surface area (Å²) < 4.78 is 5.59. The molecule has 2 aliphatic heterocycles. The number of nitrogens with one attached hydrogen (secondary N) is 2. The molecule has 1 aromatic rings. The second-order valence-corrected chi connectivity index (χ2v) is 8.60. The maximum absolute atomic E-state index is 12.9. The van der Waals surface area contributed by atoms with E-state index in [-0.39, 0.29) is 17.4 Å². The SMILES string of the molecule is O=C(NCC1(c2ccccc2Cl)CCOCC1)C1CC2CCCCC2N1. The smallest absolute Gasteiger partial charge is 0.237 e. The molecule has 3 atom stereocenters. The van der Waals surface area contributed by atoms with Crippen LogP contribution in [0.1, 0.15) is 50.5 Å². The van der Waals surface area contributed by atoms with Crippen LogP contribution in [0.3, 0.4) is 0 Å². The van der Waals surface area contributed by atoms with E-state index in [9.17, 15) is 4.79 Å². The average molecular weight is 377 g/mol. The van der Waals surface area contributed by atoms with Crippen LogP contribution >= 0.6 is 11.6 Å². The summed E-state index contributed by atoms with van der Waals surface area (Å²) in [6.45, 7) is 2.06. The van der Waals surface area contributed by atoms with Crippen molar-refractivity contribution in [3.8, 4) is 0 Å². The first kappa shape index (κ1) is 18.3. The summed E-state index contributed by atoms with van der Waals surface area (Å²) >= 11 is 6.51. The standard InChI is InChI=1S/C21H29ClN2O2/c22-17-7-3-2-6-16(17)21(9-11-26-12-10-21)14-23-20(25)19-13-15-5-1-4-8-18(15)24-19/h2-3,6-7,15,18-19,24H,1,4-5,8-14H2,(H,23,25). The van der Waals surface area contributed by atoms with Gasteiger partial charge < -0.3 is 15.4 Å². The van der Waals surface area contributed by atoms with Gasteiger partial charge in [-0.1, -0.05) is 42.6 Å². The fourth-order valence-corrected chi connectivity index (χ4v) is 5.43. The molecule has 2 saturated heterocycles. The molecule has 4 rings (SSSR count). The van der Waals surface area contributed by atoms with Gasteiger partial charge in [0.2, 0.25) is 5.91 Å². The van der Waals surface area contributed by atoms with Crippen molar-refractivity contribution in [3.63, 3.8) is 0 Å². The minimum absolute atomic E-state index is 0.0359. The molecule has 2 heterocycles. The molecule has 0 bridgehead atoms. The van der Waals surface area contributed by atoms with Crippen molar-refractivity contribution < 1.29 is 9.53 Å². The van der Waals surface area contributed by atoms with Crippen molar-refractivity contribution in [2.75, 3.05) is 19.8 Å². The number of benzene rings is 1. The zero-order valence-corrected chi connectivity index (χ0v) is 16.1. The number of hydrogen-bond donors (Lipinski definition) is 2. The fraction of sp³-hybridized carbons (Fsp3) is 0.667. The lowest BCUT2D eigenvalue weighted by molar-refractivity contribution is -0.123. The molecule has 142 valence electrons. The Kier molecular flexibility index (Phi) is 5.53. The summed E-state index contributed by atoms with van der Waals surface area (Å²) in [4.78, 5) is 12.9. The zero-order valence-electron chi connectivity index (χ0n) is 15.3. The van der Waals surface area contributed by atoms with Gasteiger partial charge in [0.15, 0.2) is 0 Å². The van der Waals surface area contributed by atoms with Crippen LogP contribution in [0.15, 0.2) is 24.3 Å². The molecule has 0 radical (unpaired) electrons. The summed E-state index contributed by atoms with van der Waals surface area (Å²) in [5.74, 6) is 0.831. The van der Waals surface area contributed by atoms with Crippen LogP contribution < -0.4 is 10.6 Å². The molecule has 3 fully saturated rings. The van der Waals surface area contributed by atoms with E-state index >= 15 is 0 Å². The Balaban J connectivity index is 1.44. The third-order valence-corrected chi connectivity index (χ3v) is 7.00. The highest BCUT2D eigenvalue weighted by atomic mass is 35.5. The number of carbonyl (C=O) groups excluding carboxylic acids is 1. The van der Waals surface area contributed by atoms with Crippen LogP contribution in [0.5, 0.6) is 0 Å². The van der Waals surface area contributed by atoms with E-state index in [1.165, 1.54) is 25.7 Å². The number of amides is 1. The Bertz CT molecular complexity index is 631. The van der Waals surface area contributed by atoms with E-state index < -0.39 is 0 Å².